The standard InChI is InChI=1S/C25H26ClN7O3/c1-16(35)32-10-9-31(14-18(32)15-34)17-6-7-20(22(11-17)36-2)29-25-28-12-19(26)24(30-25)21-13-27-23-5-3-4-8-33(21)23/h3-8,11-13,18,34H,9-10,14-15H2,1-2H3,(H,28,29,30). The molecule has 0 saturated carbocycles. The summed E-state index contributed by atoms with van der Waals surface area (Å²) >= 11 is 6.44. The number of methoxy groups -OCH3 is 1. The number of anilines is 3. The molecule has 11 heteroatoms. The van der Waals surface area contributed by atoms with Crippen molar-refractivity contribution in [1.82, 2.24) is 24.3 Å². The number of nitrogens with zero attached hydrogens (tertiary/aromatic N) is 6. The molecular formula is C25H26ClN7O3. The van der Waals surface area contributed by atoms with E-state index in [1.54, 1.807) is 24.4 Å². The average molecular weight is 508 g/mol. The molecule has 2 N–H and O–H groups in total. The molecule has 1 fully saturated rings. The highest BCUT2D eigenvalue weighted by Crippen LogP contribution is 2.33. The summed E-state index contributed by atoms with van der Waals surface area (Å²) in [4.78, 5) is 29.1. The molecule has 36 heavy (non-hydrogen) atoms. The zero-order valence-corrected chi connectivity index (χ0v) is 20.7. The fraction of sp³-hybridized carbons (Fsp3) is 0.280. The normalized spacial score (nSPS) is 15.8. The highest BCUT2D eigenvalue weighted by molar-refractivity contribution is 6.32. The predicted molar refractivity (Wildman–Crippen MR) is 138 cm³/mol. The van der Waals surface area contributed by atoms with Gasteiger partial charge in [0.1, 0.15) is 17.1 Å². The maximum absolute atomic E-state index is 11.9. The lowest BCUT2D eigenvalue weighted by Gasteiger charge is -2.41. The van der Waals surface area contributed by atoms with E-state index in [-0.39, 0.29) is 18.6 Å². The summed E-state index contributed by atoms with van der Waals surface area (Å²) in [5, 5.41) is 13.4. The molecule has 1 atom stereocenters. The number of rotatable bonds is 6. The number of hydrogen-bond acceptors (Lipinski definition) is 8. The van der Waals surface area contributed by atoms with Gasteiger partial charge in [0.15, 0.2) is 0 Å². The second-order valence-electron chi connectivity index (χ2n) is 8.47. The van der Waals surface area contributed by atoms with Crippen molar-refractivity contribution in [1.29, 1.82) is 0 Å². The van der Waals surface area contributed by atoms with Crippen molar-refractivity contribution in [2.75, 3.05) is 43.6 Å². The van der Waals surface area contributed by atoms with Crippen LogP contribution in [-0.2, 0) is 4.79 Å². The molecule has 1 aliphatic heterocycles. The zero-order valence-electron chi connectivity index (χ0n) is 19.9. The molecule has 1 aliphatic rings. The Balaban J connectivity index is 1.40. The van der Waals surface area contributed by atoms with Gasteiger partial charge in [-0.25, -0.2) is 15.0 Å². The van der Waals surface area contributed by atoms with E-state index in [0.717, 1.165) is 17.0 Å². The van der Waals surface area contributed by atoms with E-state index in [4.69, 9.17) is 16.3 Å². The fourth-order valence-corrected chi connectivity index (χ4v) is 4.66. The summed E-state index contributed by atoms with van der Waals surface area (Å²) in [6, 6.07) is 11.3. The number of aliphatic hydroxyl groups is 1. The molecule has 4 aromatic rings. The molecule has 0 radical (unpaired) electrons. The van der Waals surface area contributed by atoms with E-state index in [1.807, 2.05) is 47.0 Å². The number of ether oxygens (including phenoxy) is 1. The third-order valence-electron chi connectivity index (χ3n) is 6.30. The van der Waals surface area contributed by atoms with Crippen molar-refractivity contribution >= 4 is 40.5 Å². The van der Waals surface area contributed by atoms with Crippen LogP contribution in [0.5, 0.6) is 5.75 Å². The first-order valence-corrected chi connectivity index (χ1v) is 11.9. The lowest BCUT2D eigenvalue weighted by molar-refractivity contribution is -0.132. The van der Waals surface area contributed by atoms with Gasteiger partial charge in [-0.3, -0.25) is 9.20 Å². The summed E-state index contributed by atoms with van der Waals surface area (Å²) < 4.78 is 7.56. The van der Waals surface area contributed by atoms with Gasteiger partial charge in [0.2, 0.25) is 11.9 Å². The van der Waals surface area contributed by atoms with Crippen molar-refractivity contribution in [3.05, 3.63) is 60.0 Å². The maximum atomic E-state index is 11.9. The van der Waals surface area contributed by atoms with Gasteiger partial charge in [0.05, 0.1) is 48.6 Å². The van der Waals surface area contributed by atoms with E-state index >= 15 is 0 Å². The van der Waals surface area contributed by atoms with Gasteiger partial charge in [-0.2, -0.15) is 0 Å². The Kier molecular flexibility index (Phi) is 6.62. The van der Waals surface area contributed by atoms with Crippen LogP contribution >= 0.6 is 11.6 Å². The van der Waals surface area contributed by atoms with Gasteiger partial charge >= 0.3 is 0 Å². The van der Waals surface area contributed by atoms with Gasteiger partial charge in [-0.05, 0) is 24.3 Å². The molecule has 1 amide bonds. The van der Waals surface area contributed by atoms with Crippen LogP contribution in [0.3, 0.4) is 0 Å². The SMILES string of the molecule is COc1cc(N2CCN(C(C)=O)C(CO)C2)ccc1Nc1ncc(Cl)c(-c2cnc3ccccn23)n1. The minimum Gasteiger partial charge on any atom is -0.494 e. The third-order valence-corrected chi connectivity index (χ3v) is 6.58. The van der Waals surface area contributed by atoms with Crippen LogP contribution in [0.25, 0.3) is 17.0 Å². The molecule has 1 saturated heterocycles. The first kappa shape index (κ1) is 23.8. The van der Waals surface area contributed by atoms with Crippen LogP contribution in [0.15, 0.2) is 55.0 Å². The molecule has 0 spiro atoms. The Hall–Kier alpha value is -3.89. The summed E-state index contributed by atoms with van der Waals surface area (Å²) in [5.41, 5.74) is 3.73. The molecule has 1 unspecified atom stereocenters. The number of pyridine rings is 1. The van der Waals surface area contributed by atoms with Crippen molar-refractivity contribution in [2.45, 2.75) is 13.0 Å². The van der Waals surface area contributed by atoms with Crippen molar-refractivity contribution in [3.8, 4) is 17.1 Å². The topological polar surface area (TPSA) is 108 Å². The molecular weight excluding hydrogens is 482 g/mol. The van der Waals surface area contributed by atoms with Crippen LogP contribution in [0.4, 0.5) is 17.3 Å². The zero-order chi connectivity index (χ0) is 25.2. The average Bonchev–Trinajstić information content (AvgIpc) is 3.33. The smallest absolute Gasteiger partial charge is 0.227 e. The Morgan fingerprint density at radius 1 is 1.22 bits per heavy atom. The summed E-state index contributed by atoms with van der Waals surface area (Å²) in [5.74, 6) is 0.941. The van der Waals surface area contributed by atoms with Crippen molar-refractivity contribution in [2.24, 2.45) is 0 Å². The number of amides is 1. The molecule has 3 aromatic heterocycles. The van der Waals surface area contributed by atoms with E-state index in [2.05, 4.69) is 25.2 Å². The number of carbonyl (C=O) groups excluding carboxylic acids is 1. The van der Waals surface area contributed by atoms with Gasteiger partial charge < -0.3 is 25.0 Å². The summed E-state index contributed by atoms with van der Waals surface area (Å²) in [6.07, 6.45) is 5.19. The predicted octanol–water partition coefficient (Wildman–Crippen LogP) is 3.23. The first-order valence-electron chi connectivity index (χ1n) is 11.5. The van der Waals surface area contributed by atoms with E-state index < -0.39 is 0 Å². The van der Waals surface area contributed by atoms with Crippen LogP contribution in [0.1, 0.15) is 6.92 Å². The monoisotopic (exact) mass is 507 g/mol. The van der Waals surface area contributed by atoms with Crippen LogP contribution < -0.4 is 15.0 Å². The number of piperazine rings is 1. The lowest BCUT2D eigenvalue weighted by atomic mass is 10.1. The number of aromatic nitrogens is 4. The molecule has 0 bridgehead atoms. The van der Waals surface area contributed by atoms with Crippen molar-refractivity contribution in [3.63, 3.8) is 0 Å². The number of nitrogens with one attached hydrogen (secondary N) is 1. The number of carbonyl (C=O) groups is 1. The van der Waals surface area contributed by atoms with Gasteiger partial charge in [-0.15, -0.1) is 0 Å². The molecule has 0 aliphatic carbocycles. The minimum atomic E-state index is -0.249. The second kappa shape index (κ2) is 10.00. The number of hydrogen-bond donors (Lipinski definition) is 2. The number of halogens is 1. The number of benzene rings is 1. The largest absolute Gasteiger partial charge is 0.494 e. The fourth-order valence-electron chi connectivity index (χ4n) is 4.48. The molecule has 1 aromatic carbocycles. The number of imidazole rings is 1. The van der Waals surface area contributed by atoms with Crippen LogP contribution in [0.2, 0.25) is 5.02 Å². The second-order valence-corrected chi connectivity index (χ2v) is 8.87. The van der Waals surface area contributed by atoms with Crippen LogP contribution in [-0.4, -0.2) is 74.7 Å². The molecule has 5 rings (SSSR count). The third kappa shape index (κ3) is 4.52. The first-order chi connectivity index (χ1) is 17.5. The van der Waals surface area contributed by atoms with Gasteiger partial charge in [-0.1, -0.05) is 17.7 Å². The Labute approximate surface area is 213 Å². The molecule has 186 valence electrons. The van der Waals surface area contributed by atoms with E-state index in [9.17, 15) is 9.90 Å². The van der Waals surface area contributed by atoms with E-state index in [1.165, 1.54) is 6.92 Å². The number of fused-ring (bicyclic) bond motifs is 1. The Morgan fingerprint density at radius 2 is 2.08 bits per heavy atom. The molecule has 10 nitrogen and oxygen atoms in total. The molecule has 4 heterocycles. The number of aliphatic hydroxyl groups excluding tert-OH is 1. The van der Waals surface area contributed by atoms with E-state index in [0.29, 0.717) is 47.7 Å². The van der Waals surface area contributed by atoms with Gasteiger partial charge in [0, 0.05) is 44.5 Å². The highest BCUT2D eigenvalue weighted by atomic mass is 35.5. The van der Waals surface area contributed by atoms with Crippen LogP contribution in [0, 0.1) is 0 Å². The minimum absolute atomic E-state index is 0.0305. The van der Waals surface area contributed by atoms with Gasteiger partial charge in [0.25, 0.3) is 0 Å². The quantitative estimate of drug-likeness (QED) is 0.409. The Bertz CT molecular complexity index is 1410. The Morgan fingerprint density at radius 3 is 2.86 bits per heavy atom. The summed E-state index contributed by atoms with van der Waals surface area (Å²) in [6.45, 7) is 3.19. The van der Waals surface area contributed by atoms with Crippen molar-refractivity contribution < 1.29 is 14.6 Å². The summed E-state index contributed by atoms with van der Waals surface area (Å²) in [7, 11) is 1.60. The highest BCUT2D eigenvalue weighted by Gasteiger charge is 2.28. The lowest BCUT2D eigenvalue weighted by Crippen LogP contribution is -2.56. The maximum Gasteiger partial charge on any atom is 0.227 e.